The molecule has 5 nitrogen and oxygen atoms in total. The highest BCUT2D eigenvalue weighted by atomic mass is 19.2. The molecule has 4 rings (SSSR count). The third-order valence-corrected chi connectivity index (χ3v) is 4.95. The van der Waals surface area contributed by atoms with Gasteiger partial charge in [0.05, 0.1) is 23.2 Å². The number of nitrogens with one attached hydrogen (secondary N) is 1. The van der Waals surface area contributed by atoms with E-state index in [0.29, 0.717) is 6.54 Å². The van der Waals surface area contributed by atoms with Crippen molar-refractivity contribution in [2.24, 2.45) is 0 Å². The second-order valence-corrected chi connectivity index (χ2v) is 7.01. The molecule has 1 saturated carbocycles. The molecule has 0 radical (unpaired) electrons. The van der Waals surface area contributed by atoms with E-state index in [-0.39, 0.29) is 34.8 Å². The van der Waals surface area contributed by atoms with Crippen LogP contribution in [-0.2, 0) is 11.3 Å². The minimum atomic E-state index is -1.09. The third-order valence-electron chi connectivity index (χ3n) is 4.95. The van der Waals surface area contributed by atoms with Gasteiger partial charge in [0.1, 0.15) is 5.56 Å². The summed E-state index contributed by atoms with van der Waals surface area (Å²) in [6, 6.07) is 10.2. The summed E-state index contributed by atoms with van der Waals surface area (Å²) in [4.78, 5) is 25.4. The maximum Gasteiger partial charge on any atom is 0.343 e. The van der Waals surface area contributed by atoms with Gasteiger partial charge in [-0.15, -0.1) is 0 Å². The van der Waals surface area contributed by atoms with Gasteiger partial charge < -0.3 is 14.6 Å². The molecular weight excluding hydrogens is 378 g/mol. The van der Waals surface area contributed by atoms with Gasteiger partial charge in [-0.05, 0) is 25.3 Å². The van der Waals surface area contributed by atoms with E-state index >= 15 is 0 Å². The SMILES string of the molecule is CCOC(=O)c1cn(C2CC2)c2c(F)c(F)cc(NCc3ccccc3)c2c1=O. The number of benzene rings is 2. The minimum Gasteiger partial charge on any atom is -0.462 e. The Morgan fingerprint density at radius 1 is 1.24 bits per heavy atom. The summed E-state index contributed by atoms with van der Waals surface area (Å²) in [7, 11) is 0. The van der Waals surface area contributed by atoms with Crippen LogP contribution >= 0.6 is 0 Å². The number of halogens is 2. The average molecular weight is 398 g/mol. The number of hydrogen-bond donors (Lipinski definition) is 1. The molecule has 0 bridgehead atoms. The zero-order chi connectivity index (χ0) is 20.5. The van der Waals surface area contributed by atoms with Gasteiger partial charge in [-0.1, -0.05) is 30.3 Å². The molecule has 1 aliphatic carbocycles. The molecule has 2 aromatic carbocycles. The second-order valence-electron chi connectivity index (χ2n) is 7.01. The van der Waals surface area contributed by atoms with Crippen molar-refractivity contribution in [3.8, 4) is 0 Å². The van der Waals surface area contributed by atoms with E-state index < -0.39 is 23.0 Å². The highest BCUT2D eigenvalue weighted by molar-refractivity contribution is 5.98. The fourth-order valence-electron chi connectivity index (χ4n) is 3.41. The Bertz CT molecular complexity index is 1140. The number of esters is 1. The van der Waals surface area contributed by atoms with Crippen LogP contribution in [0.2, 0.25) is 0 Å². The van der Waals surface area contributed by atoms with E-state index in [1.165, 1.54) is 10.8 Å². The number of fused-ring (bicyclic) bond motifs is 1. The lowest BCUT2D eigenvalue weighted by molar-refractivity contribution is 0.0524. The van der Waals surface area contributed by atoms with Crippen LogP contribution in [0.5, 0.6) is 0 Å². The number of rotatable bonds is 6. The second kappa shape index (κ2) is 7.66. The lowest BCUT2D eigenvalue weighted by Gasteiger charge is -2.17. The number of pyridine rings is 1. The first-order valence-electron chi connectivity index (χ1n) is 9.53. The van der Waals surface area contributed by atoms with Gasteiger partial charge in [-0.2, -0.15) is 0 Å². The van der Waals surface area contributed by atoms with Gasteiger partial charge in [0, 0.05) is 24.8 Å². The molecule has 0 amide bonds. The van der Waals surface area contributed by atoms with Gasteiger partial charge in [-0.3, -0.25) is 4.79 Å². The number of nitrogens with zero attached hydrogens (tertiary/aromatic N) is 1. The maximum atomic E-state index is 14.8. The molecule has 0 spiro atoms. The Labute approximate surface area is 165 Å². The largest absolute Gasteiger partial charge is 0.462 e. The van der Waals surface area contributed by atoms with Crippen molar-refractivity contribution in [2.45, 2.75) is 32.4 Å². The fourth-order valence-corrected chi connectivity index (χ4v) is 3.41. The molecule has 1 heterocycles. The summed E-state index contributed by atoms with van der Waals surface area (Å²) in [6.07, 6.45) is 2.83. The van der Waals surface area contributed by atoms with Gasteiger partial charge in [0.25, 0.3) is 0 Å². The zero-order valence-corrected chi connectivity index (χ0v) is 15.9. The number of ether oxygens (including phenoxy) is 1. The molecule has 7 heteroatoms. The van der Waals surface area contributed by atoms with Crippen LogP contribution in [0.4, 0.5) is 14.5 Å². The van der Waals surface area contributed by atoms with Crippen LogP contribution in [0.1, 0.15) is 41.7 Å². The van der Waals surface area contributed by atoms with E-state index in [4.69, 9.17) is 4.74 Å². The van der Waals surface area contributed by atoms with Crippen molar-refractivity contribution >= 4 is 22.6 Å². The highest BCUT2D eigenvalue weighted by Crippen LogP contribution is 2.39. The van der Waals surface area contributed by atoms with Crippen LogP contribution in [-0.4, -0.2) is 17.1 Å². The Balaban J connectivity index is 1.92. The van der Waals surface area contributed by atoms with Crippen LogP contribution in [0.15, 0.2) is 47.4 Å². The fraction of sp³-hybridized carbons (Fsp3) is 0.273. The summed E-state index contributed by atoms with van der Waals surface area (Å²) in [5, 5.41) is 2.98. The van der Waals surface area contributed by atoms with Crippen molar-refractivity contribution < 1.29 is 18.3 Å². The first kappa shape index (κ1) is 19.1. The number of carbonyl (C=O) groups excluding carboxylic acids is 1. The number of anilines is 1. The molecule has 0 saturated heterocycles. The van der Waals surface area contributed by atoms with E-state index in [9.17, 15) is 18.4 Å². The van der Waals surface area contributed by atoms with Crippen molar-refractivity contribution in [1.29, 1.82) is 0 Å². The number of aromatic nitrogens is 1. The Morgan fingerprint density at radius 3 is 2.62 bits per heavy atom. The minimum absolute atomic E-state index is 0.0442. The van der Waals surface area contributed by atoms with E-state index in [0.717, 1.165) is 24.5 Å². The molecule has 0 aliphatic heterocycles. The normalized spacial score (nSPS) is 13.5. The molecule has 29 heavy (non-hydrogen) atoms. The van der Waals surface area contributed by atoms with Crippen molar-refractivity contribution in [1.82, 2.24) is 4.57 Å². The van der Waals surface area contributed by atoms with Crippen LogP contribution in [0, 0.1) is 11.6 Å². The van der Waals surface area contributed by atoms with Crippen molar-refractivity contribution in [3.05, 3.63) is 75.6 Å². The van der Waals surface area contributed by atoms with Gasteiger partial charge in [-0.25, -0.2) is 13.6 Å². The van der Waals surface area contributed by atoms with Gasteiger partial charge in [0.2, 0.25) is 5.43 Å². The predicted molar refractivity (Wildman–Crippen MR) is 106 cm³/mol. The van der Waals surface area contributed by atoms with Gasteiger partial charge in [0.15, 0.2) is 11.6 Å². The zero-order valence-electron chi connectivity index (χ0n) is 15.9. The Morgan fingerprint density at radius 2 is 1.97 bits per heavy atom. The first-order chi connectivity index (χ1) is 14.0. The van der Waals surface area contributed by atoms with Crippen LogP contribution in [0.3, 0.4) is 0 Å². The number of carbonyl (C=O) groups is 1. The monoisotopic (exact) mass is 398 g/mol. The Kier molecular flexibility index (Phi) is 5.05. The topological polar surface area (TPSA) is 60.3 Å². The molecule has 0 atom stereocenters. The smallest absolute Gasteiger partial charge is 0.343 e. The summed E-state index contributed by atoms with van der Waals surface area (Å²) >= 11 is 0. The molecule has 0 unspecified atom stereocenters. The van der Waals surface area contributed by atoms with E-state index in [1.807, 2.05) is 30.3 Å². The molecule has 1 N–H and O–H groups in total. The molecule has 1 fully saturated rings. The summed E-state index contributed by atoms with van der Waals surface area (Å²) < 4.78 is 35.7. The maximum absolute atomic E-state index is 14.8. The van der Waals surface area contributed by atoms with Crippen molar-refractivity contribution in [3.63, 3.8) is 0 Å². The van der Waals surface area contributed by atoms with Crippen LogP contribution in [0.25, 0.3) is 10.9 Å². The molecule has 1 aromatic heterocycles. The molecule has 1 aliphatic rings. The summed E-state index contributed by atoms with van der Waals surface area (Å²) in [5.41, 5.74) is 0.0775. The Hall–Kier alpha value is -3.22. The third kappa shape index (κ3) is 3.60. The number of hydrogen-bond acceptors (Lipinski definition) is 4. The van der Waals surface area contributed by atoms with E-state index in [2.05, 4.69) is 5.32 Å². The molecule has 150 valence electrons. The lowest BCUT2D eigenvalue weighted by Crippen LogP contribution is -2.22. The van der Waals surface area contributed by atoms with Gasteiger partial charge >= 0.3 is 5.97 Å². The molecular formula is C22H20F2N2O3. The highest BCUT2D eigenvalue weighted by Gasteiger charge is 2.30. The first-order valence-corrected chi connectivity index (χ1v) is 9.53. The quantitative estimate of drug-likeness (QED) is 0.625. The predicted octanol–water partition coefficient (Wildman–Crippen LogP) is 4.40. The summed E-state index contributed by atoms with van der Waals surface area (Å²) in [6.45, 7) is 2.06. The molecule has 3 aromatic rings. The lowest BCUT2D eigenvalue weighted by atomic mass is 10.1. The standard InChI is InChI=1S/C22H20F2N2O3/c1-2-29-22(28)15-12-26(14-8-9-14)20-18(21(15)27)17(10-16(23)19(20)24)25-11-13-6-4-3-5-7-13/h3-7,10,12,14,25H,2,8-9,11H2,1H3. The van der Waals surface area contributed by atoms with Crippen LogP contribution < -0.4 is 10.7 Å². The average Bonchev–Trinajstić information content (AvgIpc) is 3.55. The van der Waals surface area contributed by atoms with E-state index in [1.54, 1.807) is 6.92 Å². The van der Waals surface area contributed by atoms with Crippen molar-refractivity contribution in [2.75, 3.05) is 11.9 Å². The summed E-state index contributed by atoms with van der Waals surface area (Å²) in [5.74, 6) is -2.91.